The van der Waals surface area contributed by atoms with E-state index in [4.69, 9.17) is 4.74 Å². The number of rotatable bonds is 7. The molecule has 2 amide bonds. The SMILES string of the molecule is CCCCOC(=O)N[C@@](C)(CO)C(=O)Nc1ccc(O)cc1. The number of aliphatic hydroxyl groups excluding tert-OH is 1. The Morgan fingerprint density at radius 2 is 1.91 bits per heavy atom. The van der Waals surface area contributed by atoms with Crippen molar-refractivity contribution < 1.29 is 24.5 Å². The lowest BCUT2D eigenvalue weighted by Crippen LogP contribution is -2.57. The highest BCUT2D eigenvalue weighted by Gasteiger charge is 2.35. The van der Waals surface area contributed by atoms with E-state index >= 15 is 0 Å². The summed E-state index contributed by atoms with van der Waals surface area (Å²) < 4.78 is 4.92. The van der Waals surface area contributed by atoms with Gasteiger partial charge < -0.3 is 25.6 Å². The molecule has 0 heterocycles. The van der Waals surface area contributed by atoms with E-state index in [1.54, 1.807) is 0 Å². The van der Waals surface area contributed by atoms with Crippen molar-refractivity contribution in [1.29, 1.82) is 0 Å². The van der Waals surface area contributed by atoms with Gasteiger partial charge in [-0.05, 0) is 37.6 Å². The number of anilines is 1. The van der Waals surface area contributed by atoms with Crippen LogP contribution in [0.1, 0.15) is 26.7 Å². The number of amides is 2. The topological polar surface area (TPSA) is 108 Å². The molecule has 1 rings (SSSR count). The first kappa shape index (κ1) is 17.8. The summed E-state index contributed by atoms with van der Waals surface area (Å²) in [6, 6.07) is 5.84. The van der Waals surface area contributed by atoms with Gasteiger partial charge in [0.15, 0.2) is 0 Å². The third-order valence-corrected chi connectivity index (χ3v) is 3.05. The Morgan fingerprint density at radius 3 is 2.45 bits per heavy atom. The molecule has 0 bridgehead atoms. The fraction of sp³-hybridized carbons (Fsp3) is 0.467. The Kier molecular flexibility index (Phi) is 6.65. The first-order valence-electron chi connectivity index (χ1n) is 7.07. The predicted molar refractivity (Wildman–Crippen MR) is 81.6 cm³/mol. The quantitative estimate of drug-likeness (QED) is 0.452. The molecule has 1 atom stereocenters. The van der Waals surface area contributed by atoms with Gasteiger partial charge in [-0.1, -0.05) is 13.3 Å². The summed E-state index contributed by atoms with van der Waals surface area (Å²) in [5.41, 5.74) is -1.08. The molecule has 0 unspecified atom stereocenters. The second-order valence-corrected chi connectivity index (χ2v) is 5.11. The molecule has 7 nitrogen and oxygen atoms in total. The molecule has 22 heavy (non-hydrogen) atoms. The van der Waals surface area contributed by atoms with Crippen LogP contribution in [0, 0.1) is 0 Å². The van der Waals surface area contributed by atoms with Crippen LogP contribution in [-0.4, -0.2) is 41.0 Å². The van der Waals surface area contributed by atoms with Crippen molar-refractivity contribution in [3.05, 3.63) is 24.3 Å². The monoisotopic (exact) mass is 310 g/mol. The molecule has 0 saturated carbocycles. The molecule has 1 aromatic carbocycles. The van der Waals surface area contributed by atoms with Gasteiger partial charge in [0.05, 0.1) is 13.2 Å². The van der Waals surface area contributed by atoms with Crippen LogP contribution >= 0.6 is 0 Å². The number of hydrogen-bond donors (Lipinski definition) is 4. The van der Waals surface area contributed by atoms with Gasteiger partial charge in [-0.3, -0.25) is 4.79 Å². The Bertz CT molecular complexity index is 503. The van der Waals surface area contributed by atoms with Crippen LogP contribution in [0.3, 0.4) is 0 Å². The van der Waals surface area contributed by atoms with Crippen LogP contribution < -0.4 is 10.6 Å². The average molecular weight is 310 g/mol. The number of aliphatic hydroxyl groups is 1. The summed E-state index contributed by atoms with van der Waals surface area (Å²) in [6.45, 7) is 3.03. The molecule has 122 valence electrons. The first-order chi connectivity index (χ1) is 10.4. The molecule has 0 fully saturated rings. The number of nitrogens with one attached hydrogen (secondary N) is 2. The summed E-state index contributed by atoms with van der Waals surface area (Å²) in [6.07, 6.45) is 0.848. The Morgan fingerprint density at radius 1 is 1.27 bits per heavy atom. The lowest BCUT2D eigenvalue weighted by Gasteiger charge is -2.27. The maximum Gasteiger partial charge on any atom is 0.408 e. The van der Waals surface area contributed by atoms with Gasteiger partial charge in [-0.25, -0.2) is 4.79 Å². The number of unbranched alkanes of at least 4 members (excludes halogenated alkanes) is 1. The van der Waals surface area contributed by atoms with Crippen LogP contribution in [0.25, 0.3) is 0 Å². The van der Waals surface area contributed by atoms with E-state index < -0.39 is 24.1 Å². The van der Waals surface area contributed by atoms with E-state index in [0.29, 0.717) is 5.69 Å². The zero-order valence-corrected chi connectivity index (χ0v) is 12.8. The maximum absolute atomic E-state index is 12.2. The van der Waals surface area contributed by atoms with Crippen molar-refractivity contribution in [2.75, 3.05) is 18.5 Å². The molecular weight excluding hydrogens is 288 g/mol. The Labute approximate surface area is 129 Å². The van der Waals surface area contributed by atoms with Gasteiger partial charge in [0.25, 0.3) is 5.91 Å². The second-order valence-electron chi connectivity index (χ2n) is 5.11. The van der Waals surface area contributed by atoms with E-state index in [1.807, 2.05) is 6.92 Å². The molecule has 0 aliphatic carbocycles. The largest absolute Gasteiger partial charge is 0.508 e. The van der Waals surface area contributed by atoms with Crippen molar-refractivity contribution in [3.8, 4) is 5.75 Å². The summed E-state index contributed by atoms with van der Waals surface area (Å²) in [7, 11) is 0. The van der Waals surface area contributed by atoms with E-state index in [2.05, 4.69) is 10.6 Å². The molecule has 0 saturated heterocycles. The Balaban J connectivity index is 2.64. The second kappa shape index (κ2) is 8.23. The summed E-state index contributed by atoms with van der Waals surface area (Å²) in [5, 5.41) is 23.5. The van der Waals surface area contributed by atoms with Crippen LogP contribution in [-0.2, 0) is 9.53 Å². The summed E-state index contributed by atoms with van der Waals surface area (Å²) in [5.74, 6) is -0.520. The van der Waals surface area contributed by atoms with Gasteiger partial charge >= 0.3 is 6.09 Å². The van der Waals surface area contributed by atoms with Crippen molar-refractivity contribution in [1.82, 2.24) is 5.32 Å². The third-order valence-electron chi connectivity index (χ3n) is 3.05. The molecule has 0 spiro atoms. The van der Waals surface area contributed by atoms with Crippen LogP contribution in [0.5, 0.6) is 5.75 Å². The highest BCUT2D eigenvalue weighted by Crippen LogP contribution is 2.15. The number of alkyl carbamates (subject to hydrolysis) is 1. The highest BCUT2D eigenvalue weighted by atomic mass is 16.5. The minimum absolute atomic E-state index is 0.0699. The zero-order chi connectivity index (χ0) is 16.6. The number of hydrogen-bond acceptors (Lipinski definition) is 5. The number of carbonyl (C=O) groups is 2. The molecule has 4 N–H and O–H groups in total. The van der Waals surface area contributed by atoms with Crippen molar-refractivity contribution >= 4 is 17.7 Å². The average Bonchev–Trinajstić information content (AvgIpc) is 2.49. The number of phenolic OH excluding ortho intramolecular Hbond substituents is 1. The van der Waals surface area contributed by atoms with Gasteiger partial charge in [0.1, 0.15) is 11.3 Å². The molecule has 0 aromatic heterocycles. The number of ether oxygens (including phenoxy) is 1. The third kappa shape index (κ3) is 5.25. The number of benzene rings is 1. The van der Waals surface area contributed by atoms with Crippen LogP contribution in [0.15, 0.2) is 24.3 Å². The van der Waals surface area contributed by atoms with Gasteiger partial charge in [-0.15, -0.1) is 0 Å². The predicted octanol–water partition coefficient (Wildman–Crippen LogP) is 1.61. The summed E-state index contributed by atoms with van der Waals surface area (Å²) >= 11 is 0. The lowest BCUT2D eigenvalue weighted by atomic mass is 10.0. The molecule has 7 heteroatoms. The van der Waals surface area contributed by atoms with E-state index in [-0.39, 0.29) is 12.4 Å². The summed E-state index contributed by atoms with van der Waals surface area (Å²) in [4.78, 5) is 23.8. The van der Waals surface area contributed by atoms with Gasteiger partial charge in [0.2, 0.25) is 0 Å². The molecule has 0 aliphatic rings. The normalized spacial score (nSPS) is 13.0. The van der Waals surface area contributed by atoms with E-state index in [0.717, 1.165) is 12.8 Å². The standard InChI is InChI=1S/C15H22N2O5/c1-3-4-9-22-14(21)17-15(2,10-18)13(20)16-11-5-7-12(19)8-6-11/h5-8,18-19H,3-4,9-10H2,1-2H3,(H,16,20)(H,17,21)/t15-/m0/s1. The molecule has 1 aromatic rings. The van der Waals surface area contributed by atoms with E-state index in [9.17, 15) is 19.8 Å². The van der Waals surface area contributed by atoms with Crippen LogP contribution in [0.2, 0.25) is 0 Å². The minimum Gasteiger partial charge on any atom is -0.508 e. The van der Waals surface area contributed by atoms with Crippen molar-refractivity contribution in [2.45, 2.75) is 32.2 Å². The van der Waals surface area contributed by atoms with Gasteiger partial charge in [-0.2, -0.15) is 0 Å². The zero-order valence-electron chi connectivity index (χ0n) is 12.8. The highest BCUT2D eigenvalue weighted by molar-refractivity contribution is 5.99. The fourth-order valence-electron chi connectivity index (χ4n) is 1.55. The van der Waals surface area contributed by atoms with Crippen molar-refractivity contribution in [2.24, 2.45) is 0 Å². The van der Waals surface area contributed by atoms with E-state index in [1.165, 1.54) is 31.2 Å². The maximum atomic E-state index is 12.2. The molecular formula is C15H22N2O5. The minimum atomic E-state index is -1.51. The molecule has 0 aliphatic heterocycles. The first-order valence-corrected chi connectivity index (χ1v) is 7.07. The van der Waals surface area contributed by atoms with Crippen LogP contribution in [0.4, 0.5) is 10.5 Å². The number of carbonyl (C=O) groups excluding carboxylic acids is 2. The molecule has 0 radical (unpaired) electrons. The number of aromatic hydroxyl groups is 1. The fourth-order valence-corrected chi connectivity index (χ4v) is 1.55. The van der Waals surface area contributed by atoms with Crippen molar-refractivity contribution in [3.63, 3.8) is 0 Å². The number of phenols is 1. The smallest absolute Gasteiger partial charge is 0.408 e. The Hall–Kier alpha value is -2.28. The lowest BCUT2D eigenvalue weighted by molar-refractivity contribution is -0.123. The van der Waals surface area contributed by atoms with Gasteiger partial charge in [0, 0.05) is 5.69 Å².